The molecular formula is C17H20O6. The third-order valence-electron chi connectivity index (χ3n) is 3.06. The van der Waals surface area contributed by atoms with Crippen LogP contribution in [0.2, 0.25) is 0 Å². The van der Waals surface area contributed by atoms with E-state index in [1.54, 1.807) is 13.0 Å². The van der Waals surface area contributed by atoms with E-state index in [2.05, 4.69) is 0 Å². The summed E-state index contributed by atoms with van der Waals surface area (Å²) in [6.45, 7) is 4.65. The summed E-state index contributed by atoms with van der Waals surface area (Å²) in [6, 6.07) is 4.55. The number of rotatable bonds is 8. The van der Waals surface area contributed by atoms with Gasteiger partial charge in [-0.3, -0.25) is 19.2 Å². The summed E-state index contributed by atoms with van der Waals surface area (Å²) in [7, 11) is 0. The van der Waals surface area contributed by atoms with Crippen molar-refractivity contribution in [3.05, 3.63) is 29.3 Å². The Balaban J connectivity index is 2.79. The lowest BCUT2D eigenvalue weighted by Crippen LogP contribution is -2.14. The summed E-state index contributed by atoms with van der Waals surface area (Å²) >= 11 is 0. The molecule has 0 saturated heterocycles. The standard InChI is InChI=1S/C17H20O6/c1-4-22-15(20)9-6-10-16(21)23-17-13(11(2)18)7-5-8-14(17)12(3)19/h5,7-8H,4,6,9-10H2,1-3H3. The molecule has 0 N–H and O–H groups in total. The van der Waals surface area contributed by atoms with Crippen LogP contribution in [-0.2, 0) is 14.3 Å². The summed E-state index contributed by atoms with van der Waals surface area (Å²) < 4.78 is 9.97. The molecule has 0 bridgehead atoms. The van der Waals surface area contributed by atoms with E-state index >= 15 is 0 Å². The Morgan fingerprint density at radius 2 is 1.43 bits per heavy atom. The van der Waals surface area contributed by atoms with Crippen LogP contribution in [0.1, 0.15) is 60.7 Å². The van der Waals surface area contributed by atoms with Gasteiger partial charge < -0.3 is 9.47 Å². The Morgan fingerprint density at radius 1 is 0.913 bits per heavy atom. The van der Waals surface area contributed by atoms with E-state index in [0.717, 1.165) is 0 Å². The fraction of sp³-hybridized carbons (Fsp3) is 0.412. The molecule has 0 amide bonds. The molecule has 0 unspecified atom stereocenters. The zero-order chi connectivity index (χ0) is 17.4. The lowest BCUT2D eigenvalue weighted by atomic mass is 10.0. The molecular weight excluding hydrogens is 300 g/mol. The fourth-order valence-electron chi connectivity index (χ4n) is 1.98. The number of Topliss-reactive ketones (excluding diaryl/α,β-unsaturated/α-hetero) is 2. The van der Waals surface area contributed by atoms with Gasteiger partial charge in [0.15, 0.2) is 17.3 Å². The molecule has 0 spiro atoms. The van der Waals surface area contributed by atoms with Crippen LogP contribution in [0.5, 0.6) is 5.75 Å². The van der Waals surface area contributed by atoms with Crippen molar-refractivity contribution >= 4 is 23.5 Å². The second kappa shape index (κ2) is 8.82. The number of benzene rings is 1. The highest BCUT2D eigenvalue weighted by Crippen LogP contribution is 2.26. The number of esters is 2. The third kappa shape index (κ3) is 5.65. The topological polar surface area (TPSA) is 86.7 Å². The SMILES string of the molecule is CCOC(=O)CCCC(=O)Oc1c(C(C)=O)cccc1C(C)=O. The Labute approximate surface area is 134 Å². The molecule has 0 saturated carbocycles. The molecule has 1 aromatic carbocycles. The van der Waals surface area contributed by atoms with E-state index in [4.69, 9.17) is 9.47 Å². The van der Waals surface area contributed by atoms with Crippen molar-refractivity contribution in [2.45, 2.75) is 40.0 Å². The van der Waals surface area contributed by atoms with E-state index in [1.165, 1.54) is 26.0 Å². The number of ether oxygens (including phenoxy) is 2. The minimum Gasteiger partial charge on any atom is -0.466 e. The minimum absolute atomic E-state index is 0.0115. The Hall–Kier alpha value is -2.50. The van der Waals surface area contributed by atoms with E-state index in [9.17, 15) is 19.2 Å². The van der Waals surface area contributed by atoms with Gasteiger partial charge in [0.2, 0.25) is 0 Å². The summed E-state index contributed by atoms with van der Waals surface area (Å²) in [6.07, 6.45) is 0.370. The number of ketones is 2. The predicted octanol–water partition coefficient (Wildman–Crippen LogP) is 2.73. The molecule has 0 radical (unpaired) electrons. The van der Waals surface area contributed by atoms with E-state index in [-0.39, 0.29) is 60.3 Å². The van der Waals surface area contributed by atoms with Crippen LogP contribution in [0.25, 0.3) is 0 Å². The first kappa shape index (κ1) is 18.5. The van der Waals surface area contributed by atoms with Crippen LogP contribution >= 0.6 is 0 Å². The van der Waals surface area contributed by atoms with Gasteiger partial charge >= 0.3 is 11.9 Å². The van der Waals surface area contributed by atoms with Gasteiger partial charge in [-0.15, -0.1) is 0 Å². The van der Waals surface area contributed by atoms with Crippen LogP contribution in [0.3, 0.4) is 0 Å². The van der Waals surface area contributed by atoms with Crippen LogP contribution in [0.4, 0.5) is 0 Å². The maximum absolute atomic E-state index is 11.9. The van der Waals surface area contributed by atoms with Crippen LogP contribution in [0.15, 0.2) is 18.2 Å². The molecule has 0 aliphatic rings. The Kier molecular flexibility index (Phi) is 7.12. The van der Waals surface area contributed by atoms with Crippen molar-refractivity contribution in [2.75, 3.05) is 6.61 Å². The summed E-state index contributed by atoms with van der Waals surface area (Å²) in [5.74, 6) is -1.61. The molecule has 0 heterocycles. The van der Waals surface area contributed by atoms with Gasteiger partial charge in [-0.25, -0.2) is 0 Å². The highest BCUT2D eigenvalue weighted by atomic mass is 16.5. The maximum atomic E-state index is 11.9. The van der Waals surface area contributed by atoms with Crippen molar-refractivity contribution in [1.29, 1.82) is 0 Å². The number of carbonyl (C=O) groups excluding carboxylic acids is 4. The van der Waals surface area contributed by atoms with Gasteiger partial charge in [0.1, 0.15) is 0 Å². The highest BCUT2D eigenvalue weighted by Gasteiger charge is 2.19. The largest absolute Gasteiger partial charge is 0.466 e. The van der Waals surface area contributed by atoms with Gasteiger partial charge in [0.05, 0.1) is 17.7 Å². The van der Waals surface area contributed by atoms with Crippen molar-refractivity contribution in [1.82, 2.24) is 0 Å². The number of para-hydroxylation sites is 1. The van der Waals surface area contributed by atoms with E-state index in [0.29, 0.717) is 0 Å². The van der Waals surface area contributed by atoms with Crippen LogP contribution in [0, 0.1) is 0 Å². The van der Waals surface area contributed by atoms with Crippen LogP contribution in [-0.4, -0.2) is 30.1 Å². The predicted molar refractivity (Wildman–Crippen MR) is 82.6 cm³/mol. The molecule has 124 valence electrons. The Bertz CT molecular complexity index is 585. The van der Waals surface area contributed by atoms with Gasteiger partial charge in [-0.05, 0) is 39.3 Å². The first-order valence-electron chi connectivity index (χ1n) is 7.38. The molecule has 0 aliphatic carbocycles. The summed E-state index contributed by atoms with van der Waals surface area (Å²) in [4.78, 5) is 46.4. The normalized spacial score (nSPS) is 10.0. The molecule has 6 nitrogen and oxygen atoms in total. The van der Waals surface area contributed by atoms with E-state index in [1.807, 2.05) is 0 Å². The Morgan fingerprint density at radius 3 is 1.91 bits per heavy atom. The average Bonchev–Trinajstić information content (AvgIpc) is 2.47. The number of hydrogen-bond donors (Lipinski definition) is 0. The van der Waals surface area contributed by atoms with Gasteiger partial charge in [0, 0.05) is 12.8 Å². The van der Waals surface area contributed by atoms with Gasteiger partial charge in [0.25, 0.3) is 0 Å². The first-order chi connectivity index (χ1) is 10.9. The number of carbonyl (C=O) groups is 4. The van der Waals surface area contributed by atoms with Gasteiger partial charge in [-0.1, -0.05) is 6.07 Å². The second-order valence-corrected chi connectivity index (χ2v) is 4.93. The highest BCUT2D eigenvalue weighted by molar-refractivity contribution is 6.04. The molecule has 0 aromatic heterocycles. The monoisotopic (exact) mass is 320 g/mol. The molecule has 1 rings (SSSR count). The van der Waals surface area contributed by atoms with Crippen molar-refractivity contribution in [2.24, 2.45) is 0 Å². The van der Waals surface area contributed by atoms with Gasteiger partial charge in [-0.2, -0.15) is 0 Å². The zero-order valence-corrected chi connectivity index (χ0v) is 13.5. The molecule has 0 atom stereocenters. The lowest BCUT2D eigenvalue weighted by Gasteiger charge is -2.11. The van der Waals surface area contributed by atoms with Crippen molar-refractivity contribution in [3.63, 3.8) is 0 Å². The van der Waals surface area contributed by atoms with Crippen molar-refractivity contribution in [3.8, 4) is 5.75 Å². The smallest absolute Gasteiger partial charge is 0.311 e. The summed E-state index contributed by atoms with van der Waals surface area (Å²) in [5.41, 5.74) is 0.355. The molecule has 1 aromatic rings. The maximum Gasteiger partial charge on any atom is 0.311 e. The minimum atomic E-state index is -0.606. The van der Waals surface area contributed by atoms with Crippen molar-refractivity contribution < 1.29 is 28.7 Å². The first-order valence-corrected chi connectivity index (χ1v) is 7.38. The quantitative estimate of drug-likeness (QED) is 0.416. The molecule has 6 heteroatoms. The summed E-state index contributed by atoms with van der Waals surface area (Å²) in [5, 5.41) is 0. The average molecular weight is 320 g/mol. The third-order valence-corrected chi connectivity index (χ3v) is 3.06. The van der Waals surface area contributed by atoms with E-state index < -0.39 is 5.97 Å². The molecule has 23 heavy (non-hydrogen) atoms. The molecule has 0 aliphatic heterocycles. The fourth-order valence-corrected chi connectivity index (χ4v) is 1.98. The zero-order valence-electron chi connectivity index (χ0n) is 13.5. The second-order valence-electron chi connectivity index (χ2n) is 4.93. The van der Waals surface area contributed by atoms with Crippen LogP contribution < -0.4 is 4.74 Å². The number of hydrogen-bond acceptors (Lipinski definition) is 6. The molecule has 0 fully saturated rings. The lowest BCUT2D eigenvalue weighted by molar-refractivity contribution is -0.143.